The van der Waals surface area contributed by atoms with Crippen molar-refractivity contribution in [1.82, 2.24) is 24.5 Å². The van der Waals surface area contributed by atoms with Gasteiger partial charge in [0.1, 0.15) is 0 Å². The van der Waals surface area contributed by atoms with Gasteiger partial charge in [0, 0.05) is 6.54 Å². The van der Waals surface area contributed by atoms with Gasteiger partial charge < -0.3 is 5.32 Å². The molecular formula is C25H29N5O2S. The molecule has 1 atom stereocenters. The molecule has 2 heterocycles. The Bertz CT molecular complexity index is 1310. The molecule has 2 aromatic carbocycles. The van der Waals surface area contributed by atoms with Crippen molar-refractivity contribution in [3.05, 3.63) is 70.5 Å². The normalized spacial score (nSPS) is 12.5. The van der Waals surface area contributed by atoms with Crippen molar-refractivity contribution in [2.45, 2.75) is 51.4 Å². The highest BCUT2D eigenvalue weighted by Crippen LogP contribution is 2.24. The number of fused-ring (bicyclic) bond motifs is 3. The van der Waals surface area contributed by atoms with E-state index in [4.69, 9.17) is 0 Å². The number of nitrogens with zero attached hydrogens (tertiary/aromatic N) is 4. The van der Waals surface area contributed by atoms with E-state index in [1.54, 1.807) is 4.57 Å². The summed E-state index contributed by atoms with van der Waals surface area (Å²) in [6.07, 6.45) is 1.67. The van der Waals surface area contributed by atoms with E-state index >= 15 is 0 Å². The lowest BCUT2D eigenvalue weighted by molar-refractivity contribution is -0.119. The van der Waals surface area contributed by atoms with Crippen molar-refractivity contribution in [3.8, 4) is 0 Å². The monoisotopic (exact) mass is 463 g/mol. The molecule has 4 aromatic rings. The fraction of sp³-hybridized carbons (Fsp3) is 0.360. The van der Waals surface area contributed by atoms with Crippen molar-refractivity contribution in [3.63, 3.8) is 0 Å². The van der Waals surface area contributed by atoms with Crippen molar-refractivity contribution >= 4 is 34.3 Å². The summed E-state index contributed by atoms with van der Waals surface area (Å²) < 4.78 is 3.54. The van der Waals surface area contributed by atoms with Gasteiger partial charge in [-0.15, -0.1) is 10.2 Å². The second kappa shape index (κ2) is 10.2. The number of nitrogens with one attached hydrogen (secondary N) is 1. The van der Waals surface area contributed by atoms with Crippen LogP contribution in [-0.2, 0) is 11.3 Å². The van der Waals surface area contributed by atoms with Crippen LogP contribution in [0.5, 0.6) is 0 Å². The predicted molar refractivity (Wildman–Crippen MR) is 133 cm³/mol. The molecule has 0 bridgehead atoms. The highest BCUT2D eigenvalue weighted by Gasteiger charge is 2.19. The first-order valence-corrected chi connectivity index (χ1v) is 12.3. The largest absolute Gasteiger partial charge is 0.349 e. The summed E-state index contributed by atoms with van der Waals surface area (Å²) in [5.74, 6) is 1.11. The van der Waals surface area contributed by atoms with Crippen LogP contribution in [0, 0.1) is 5.92 Å². The molecule has 7 nitrogen and oxygen atoms in total. The summed E-state index contributed by atoms with van der Waals surface area (Å²) in [5, 5.41) is 13.0. The number of thioether (sulfide) groups is 1. The average molecular weight is 464 g/mol. The number of para-hydroxylation sites is 1. The maximum atomic E-state index is 13.0. The number of carbonyl (C=O) groups excluding carboxylic acids is 1. The molecular weight excluding hydrogens is 434 g/mol. The van der Waals surface area contributed by atoms with Gasteiger partial charge in [0.15, 0.2) is 5.16 Å². The number of rotatable bonds is 9. The Balaban J connectivity index is 1.59. The third kappa shape index (κ3) is 4.95. The van der Waals surface area contributed by atoms with Gasteiger partial charge in [0.05, 0.1) is 22.7 Å². The van der Waals surface area contributed by atoms with E-state index in [9.17, 15) is 9.59 Å². The molecule has 0 spiro atoms. The Labute approximate surface area is 197 Å². The first-order valence-electron chi connectivity index (χ1n) is 11.3. The molecule has 1 unspecified atom stereocenters. The maximum absolute atomic E-state index is 13.0. The molecule has 1 amide bonds. The predicted octanol–water partition coefficient (Wildman–Crippen LogP) is 4.45. The van der Waals surface area contributed by atoms with Crippen molar-refractivity contribution in [1.29, 1.82) is 0 Å². The summed E-state index contributed by atoms with van der Waals surface area (Å²) in [6, 6.07) is 17.5. The lowest BCUT2D eigenvalue weighted by Crippen LogP contribution is -2.31. The number of benzene rings is 2. The van der Waals surface area contributed by atoms with Crippen LogP contribution in [0.1, 0.15) is 45.2 Å². The Morgan fingerprint density at radius 2 is 1.79 bits per heavy atom. The van der Waals surface area contributed by atoms with Crippen LogP contribution in [0.3, 0.4) is 0 Å². The molecule has 0 aliphatic carbocycles. The zero-order valence-corrected chi connectivity index (χ0v) is 20.0. The van der Waals surface area contributed by atoms with Crippen LogP contribution >= 0.6 is 11.8 Å². The number of aromatic nitrogens is 4. The van der Waals surface area contributed by atoms with Crippen molar-refractivity contribution in [2.24, 2.45) is 5.92 Å². The molecule has 33 heavy (non-hydrogen) atoms. The zero-order valence-electron chi connectivity index (χ0n) is 19.2. The Kier molecular flexibility index (Phi) is 7.13. The summed E-state index contributed by atoms with van der Waals surface area (Å²) in [6.45, 7) is 6.89. The van der Waals surface area contributed by atoms with E-state index in [2.05, 4.69) is 29.4 Å². The molecule has 8 heteroatoms. The summed E-state index contributed by atoms with van der Waals surface area (Å²) >= 11 is 1.33. The summed E-state index contributed by atoms with van der Waals surface area (Å²) in [5.41, 5.74) is 1.79. The van der Waals surface area contributed by atoms with Crippen molar-refractivity contribution < 1.29 is 4.79 Å². The van der Waals surface area contributed by atoms with Crippen LogP contribution < -0.4 is 10.9 Å². The van der Waals surface area contributed by atoms with E-state index < -0.39 is 0 Å². The molecule has 0 aliphatic rings. The average Bonchev–Trinajstić information content (AvgIpc) is 3.24. The molecule has 0 radical (unpaired) electrons. The molecule has 0 aliphatic heterocycles. The number of amides is 1. The lowest BCUT2D eigenvalue weighted by Gasteiger charge is -2.21. The fourth-order valence-electron chi connectivity index (χ4n) is 4.05. The highest BCUT2D eigenvalue weighted by molar-refractivity contribution is 7.99. The molecule has 0 fully saturated rings. The Hall–Kier alpha value is -3.13. The van der Waals surface area contributed by atoms with Crippen LogP contribution in [-0.4, -0.2) is 30.8 Å². The van der Waals surface area contributed by atoms with Gasteiger partial charge in [-0.1, -0.05) is 75.0 Å². The molecule has 0 saturated heterocycles. The summed E-state index contributed by atoms with van der Waals surface area (Å²) in [7, 11) is 0. The zero-order chi connectivity index (χ0) is 23.4. The van der Waals surface area contributed by atoms with Gasteiger partial charge in [0.25, 0.3) is 5.56 Å². The van der Waals surface area contributed by atoms with Gasteiger partial charge in [-0.25, -0.2) is 0 Å². The second-order valence-electron chi connectivity index (χ2n) is 8.54. The molecule has 0 saturated carbocycles. The molecule has 4 rings (SSSR count). The van der Waals surface area contributed by atoms with E-state index in [-0.39, 0.29) is 23.3 Å². The number of hydrogen-bond acceptors (Lipinski definition) is 5. The van der Waals surface area contributed by atoms with E-state index in [0.717, 1.165) is 23.9 Å². The third-order valence-electron chi connectivity index (χ3n) is 5.50. The van der Waals surface area contributed by atoms with E-state index in [0.29, 0.717) is 28.8 Å². The van der Waals surface area contributed by atoms with Gasteiger partial charge in [-0.3, -0.25) is 18.6 Å². The summed E-state index contributed by atoms with van der Waals surface area (Å²) in [4.78, 5) is 25.8. The first kappa shape index (κ1) is 23.0. The third-order valence-corrected chi connectivity index (χ3v) is 6.43. The molecule has 172 valence electrons. The number of aryl methyl sites for hydroxylation is 1. The van der Waals surface area contributed by atoms with Gasteiger partial charge in [-0.05, 0) is 36.5 Å². The van der Waals surface area contributed by atoms with Gasteiger partial charge in [-0.2, -0.15) is 0 Å². The minimum Gasteiger partial charge on any atom is -0.349 e. The first-order chi connectivity index (χ1) is 16.0. The quantitative estimate of drug-likeness (QED) is 0.371. The minimum atomic E-state index is -0.0685. The van der Waals surface area contributed by atoms with E-state index in [1.807, 2.05) is 65.9 Å². The molecule has 2 aromatic heterocycles. The lowest BCUT2D eigenvalue weighted by atomic mass is 9.97. The van der Waals surface area contributed by atoms with Crippen LogP contribution in [0.4, 0.5) is 0 Å². The maximum Gasteiger partial charge on any atom is 0.262 e. The topological polar surface area (TPSA) is 81.3 Å². The SMILES string of the molecule is CCCn1c(=O)c2ccccc2n2c(SCC(=O)NC(CC(C)C)c3ccccc3)nnc12. The minimum absolute atomic E-state index is 0.0370. The van der Waals surface area contributed by atoms with Crippen LogP contribution in [0.2, 0.25) is 0 Å². The standard InChI is InChI=1S/C25H29N5O2S/c1-4-14-29-23(32)19-12-8-9-13-21(19)30-24(29)27-28-25(30)33-16-22(31)26-20(15-17(2)3)18-10-6-5-7-11-18/h5-13,17,20H,4,14-16H2,1-3H3,(H,26,31). The Morgan fingerprint density at radius 1 is 1.06 bits per heavy atom. The Morgan fingerprint density at radius 3 is 2.52 bits per heavy atom. The van der Waals surface area contributed by atoms with Crippen LogP contribution in [0.25, 0.3) is 16.7 Å². The second-order valence-corrected chi connectivity index (χ2v) is 9.48. The number of hydrogen-bond donors (Lipinski definition) is 1. The highest BCUT2D eigenvalue weighted by atomic mass is 32.2. The number of carbonyl (C=O) groups is 1. The van der Waals surface area contributed by atoms with E-state index in [1.165, 1.54) is 11.8 Å². The van der Waals surface area contributed by atoms with Crippen LogP contribution in [0.15, 0.2) is 64.5 Å². The fourth-order valence-corrected chi connectivity index (χ4v) is 4.80. The van der Waals surface area contributed by atoms with Gasteiger partial charge in [0.2, 0.25) is 11.7 Å². The molecule has 1 N–H and O–H groups in total. The van der Waals surface area contributed by atoms with Gasteiger partial charge >= 0.3 is 0 Å². The smallest absolute Gasteiger partial charge is 0.262 e. The van der Waals surface area contributed by atoms with Crippen molar-refractivity contribution in [2.75, 3.05) is 5.75 Å².